The van der Waals surface area contributed by atoms with Gasteiger partial charge in [0, 0.05) is 35.2 Å². The van der Waals surface area contributed by atoms with Crippen molar-refractivity contribution < 1.29 is 36.2 Å². The van der Waals surface area contributed by atoms with E-state index >= 15 is 8.78 Å². The lowest BCUT2D eigenvalue weighted by molar-refractivity contribution is -0.123. The predicted octanol–water partition coefficient (Wildman–Crippen LogP) is 7.76. The number of nitrogens with one attached hydrogen (secondary N) is 1. The van der Waals surface area contributed by atoms with E-state index in [-0.39, 0.29) is 34.5 Å². The number of allylic oxidation sites excluding steroid dienone is 1. The monoisotopic (exact) mass is 754 g/mol. The number of rotatable bonds is 9. The van der Waals surface area contributed by atoms with Crippen LogP contribution in [0.25, 0.3) is 22.0 Å². The first-order valence-electron chi connectivity index (χ1n) is 16.4. The van der Waals surface area contributed by atoms with Crippen molar-refractivity contribution in [3.8, 4) is 23.0 Å². The first kappa shape index (κ1) is 37.6. The van der Waals surface area contributed by atoms with Crippen LogP contribution in [0, 0.1) is 29.4 Å². The fourth-order valence-corrected chi connectivity index (χ4v) is 6.85. The van der Waals surface area contributed by atoms with Crippen LogP contribution in [0.1, 0.15) is 67.1 Å². The van der Waals surface area contributed by atoms with Crippen molar-refractivity contribution in [1.82, 2.24) is 29.9 Å². The smallest absolute Gasteiger partial charge is 0.296 e. The van der Waals surface area contributed by atoms with Gasteiger partial charge < -0.3 is 10.4 Å². The number of amides is 1. The molecule has 2 atom stereocenters. The van der Waals surface area contributed by atoms with Crippen LogP contribution in [0.2, 0.25) is 5.02 Å². The minimum absolute atomic E-state index is 0.0840. The lowest BCUT2D eigenvalue weighted by Gasteiger charge is -2.24. The highest BCUT2D eigenvalue weighted by Crippen LogP contribution is 2.51. The molecule has 2 aromatic carbocycles. The van der Waals surface area contributed by atoms with Gasteiger partial charge in [-0.1, -0.05) is 35.7 Å². The summed E-state index contributed by atoms with van der Waals surface area (Å²) < 4.78 is 90.6. The highest BCUT2D eigenvalue weighted by atomic mass is 35.5. The van der Waals surface area contributed by atoms with Crippen LogP contribution >= 0.6 is 11.6 Å². The topological polar surface area (TPSA) is 97.9 Å². The molecule has 0 aliphatic heterocycles. The summed E-state index contributed by atoms with van der Waals surface area (Å²) >= 11 is 6.48. The van der Waals surface area contributed by atoms with Crippen molar-refractivity contribution in [2.75, 3.05) is 0 Å². The molecule has 1 amide bonds. The Balaban J connectivity index is 1.50. The lowest BCUT2D eigenvalue weighted by Crippen LogP contribution is -2.35. The third-order valence-electron chi connectivity index (χ3n) is 8.92. The minimum Gasteiger partial charge on any atom is -0.378 e. The molecule has 5 aromatic rings. The van der Waals surface area contributed by atoms with Crippen LogP contribution in [-0.2, 0) is 37.2 Å². The number of hydrogen-bond donors (Lipinski definition) is 2. The third-order valence-corrected chi connectivity index (χ3v) is 9.25. The highest BCUT2D eigenvalue weighted by Gasteiger charge is 2.54. The van der Waals surface area contributed by atoms with E-state index in [1.165, 1.54) is 20.8 Å². The van der Waals surface area contributed by atoms with Gasteiger partial charge in [-0.2, -0.15) is 19.0 Å². The van der Waals surface area contributed by atoms with Gasteiger partial charge in [-0.05, 0) is 75.4 Å². The zero-order valence-corrected chi connectivity index (χ0v) is 29.7. The van der Waals surface area contributed by atoms with Crippen LogP contribution in [0.4, 0.5) is 26.3 Å². The zero-order valence-electron chi connectivity index (χ0n) is 28.9. The standard InChI is InChI=1S/C38H33ClF6N6O2/c1-19(2)28-16-26-33(36(42)43)49-51(35(26)38(28,44)45)18-31(52)48-30(14-20-12-21(40)15-22(41)13-20)32-24(7-6-23(47-32)10-11-37(3,4)53)25-8-9-29(39)27-17-46-50(5)34(25)27/h6-9,12-13,15,17,28,30,36,53H,1,14,16,18H2,2-5H3,(H,48,52). The van der Waals surface area contributed by atoms with Crippen LogP contribution in [0.15, 0.2) is 60.8 Å². The van der Waals surface area contributed by atoms with E-state index < -0.39 is 71.8 Å². The molecule has 0 fully saturated rings. The Bertz CT molecular complexity index is 2310. The van der Waals surface area contributed by atoms with Crippen molar-refractivity contribution in [1.29, 1.82) is 0 Å². The summed E-state index contributed by atoms with van der Waals surface area (Å²) in [5, 5.41) is 22.1. The van der Waals surface area contributed by atoms with Gasteiger partial charge in [0.2, 0.25) is 5.91 Å². The second-order valence-corrected chi connectivity index (χ2v) is 14.0. The van der Waals surface area contributed by atoms with Gasteiger partial charge in [0.25, 0.3) is 12.3 Å². The van der Waals surface area contributed by atoms with Crippen molar-refractivity contribution in [2.24, 2.45) is 13.0 Å². The Morgan fingerprint density at radius 2 is 1.81 bits per heavy atom. The normalized spacial score (nSPS) is 15.7. The first-order valence-corrected chi connectivity index (χ1v) is 16.7. The summed E-state index contributed by atoms with van der Waals surface area (Å²) in [5.41, 5.74) is -1.37. The number of carbonyl (C=O) groups is 1. The van der Waals surface area contributed by atoms with E-state index in [9.17, 15) is 27.5 Å². The van der Waals surface area contributed by atoms with E-state index in [4.69, 9.17) is 16.6 Å². The van der Waals surface area contributed by atoms with Gasteiger partial charge in [-0.3, -0.25) is 14.2 Å². The molecule has 2 unspecified atom stereocenters. The maximum Gasteiger partial charge on any atom is 0.296 e. The Kier molecular flexibility index (Phi) is 9.95. The van der Waals surface area contributed by atoms with Gasteiger partial charge in [-0.25, -0.2) is 22.5 Å². The maximum atomic E-state index is 15.7. The van der Waals surface area contributed by atoms with Crippen molar-refractivity contribution in [3.05, 3.63) is 111 Å². The summed E-state index contributed by atoms with van der Waals surface area (Å²) in [6.45, 7) is 7.02. The van der Waals surface area contributed by atoms with Crippen molar-refractivity contribution in [2.45, 2.75) is 64.1 Å². The molecule has 0 radical (unpaired) electrons. The molecule has 8 nitrogen and oxygen atoms in total. The van der Waals surface area contributed by atoms with Gasteiger partial charge >= 0.3 is 0 Å². The van der Waals surface area contributed by atoms with Crippen molar-refractivity contribution in [3.63, 3.8) is 0 Å². The van der Waals surface area contributed by atoms with E-state index in [2.05, 4.69) is 33.9 Å². The van der Waals surface area contributed by atoms with Crippen LogP contribution in [0.3, 0.4) is 0 Å². The molecular formula is C38H33ClF6N6O2. The second-order valence-electron chi connectivity index (χ2n) is 13.6. The van der Waals surface area contributed by atoms with Gasteiger partial charge in [0.15, 0.2) is 0 Å². The molecular weight excluding hydrogens is 722 g/mol. The molecule has 1 aliphatic rings. The summed E-state index contributed by atoms with van der Waals surface area (Å²) in [6, 6.07) is 8.17. The van der Waals surface area contributed by atoms with E-state index in [1.54, 1.807) is 42.2 Å². The average molecular weight is 755 g/mol. The van der Waals surface area contributed by atoms with Gasteiger partial charge in [0.1, 0.15) is 40.9 Å². The molecule has 0 saturated heterocycles. The number of carbonyl (C=O) groups excluding carboxylic acids is 1. The largest absolute Gasteiger partial charge is 0.378 e. The van der Waals surface area contributed by atoms with Crippen LogP contribution < -0.4 is 5.32 Å². The Morgan fingerprint density at radius 1 is 1.13 bits per heavy atom. The summed E-state index contributed by atoms with van der Waals surface area (Å²) in [7, 11) is 1.69. The summed E-state index contributed by atoms with van der Waals surface area (Å²) in [6.07, 6.45) is -2.32. The fourth-order valence-electron chi connectivity index (χ4n) is 6.65. The van der Waals surface area contributed by atoms with Crippen LogP contribution in [0.5, 0.6) is 0 Å². The number of fused-ring (bicyclic) bond motifs is 2. The number of aryl methyl sites for hydroxylation is 1. The molecule has 3 aromatic heterocycles. The Morgan fingerprint density at radius 3 is 2.45 bits per heavy atom. The van der Waals surface area contributed by atoms with Crippen LogP contribution in [-0.4, -0.2) is 41.2 Å². The Labute approximate surface area is 305 Å². The molecule has 15 heteroatoms. The molecule has 3 heterocycles. The molecule has 53 heavy (non-hydrogen) atoms. The maximum absolute atomic E-state index is 15.7. The number of hydrogen-bond acceptors (Lipinski definition) is 5. The molecule has 1 aliphatic carbocycles. The number of aliphatic hydroxyl groups is 1. The van der Waals surface area contributed by atoms with E-state index in [1.807, 2.05) is 0 Å². The summed E-state index contributed by atoms with van der Waals surface area (Å²) in [5.74, 6) is -2.37. The predicted molar refractivity (Wildman–Crippen MR) is 186 cm³/mol. The zero-order chi connectivity index (χ0) is 38.6. The Hall–Kier alpha value is -5.13. The number of benzene rings is 2. The molecule has 276 valence electrons. The summed E-state index contributed by atoms with van der Waals surface area (Å²) in [4.78, 5) is 18.6. The number of nitrogens with zero attached hydrogens (tertiary/aromatic N) is 5. The molecule has 0 saturated carbocycles. The first-order chi connectivity index (χ1) is 24.8. The minimum atomic E-state index is -3.65. The fraction of sp³-hybridized carbons (Fsp3) is 0.316. The number of alkyl halides is 4. The lowest BCUT2D eigenvalue weighted by atomic mass is 9.93. The molecule has 6 rings (SSSR count). The SMILES string of the molecule is C=C(C)C1Cc2c(C(F)F)nn(CC(=O)NC(Cc3cc(F)cc(F)c3)c3nc(C#CC(C)(C)O)ccc3-c3ccc(Cl)c4cnn(C)c34)c2C1(F)F. The number of aromatic nitrogens is 5. The van der Waals surface area contributed by atoms with Gasteiger partial charge in [0.05, 0.1) is 34.4 Å². The van der Waals surface area contributed by atoms with E-state index in [0.29, 0.717) is 37.8 Å². The number of halogens is 7. The quantitative estimate of drug-likeness (QED) is 0.0911. The van der Waals surface area contributed by atoms with E-state index in [0.717, 1.165) is 12.1 Å². The average Bonchev–Trinajstić information content (AvgIpc) is 3.71. The second kappa shape index (κ2) is 14.0. The molecule has 2 N–H and O–H groups in total. The molecule has 0 bridgehead atoms. The number of pyridine rings is 1. The van der Waals surface area contributed by atoms with Crippen molar-refractivity contribution >= 4 is 28.4 Å². The van der Waals surface area contributed by atoms with Gasteiger partial charge in [-0.15, -0.1) is 0 Å². The third kappa shape index (κ3) is 7.54. The highest BCUT2D eigenvalue weighted by molar-refractivity contribution is 6.35. The molecule has 0 spiro atoms.